The van der Waals surface area contributed by atoms with Crippen molar-refractivity contribution < 1.29 is 14.3 Å². The molecule has 0 aromatic carbocycles. The highest BCUT2D eigenvalue weighted by Gasteiger charge is 2.22. The first-order chi connectivity index (χ1) is 6.24. The molecule has 1 aliphatic rings. The average molecular weight is 187 g/mol. The molecule has 0 heterocycles. The van der Waals surface area contributed by atoms with Crippen LogP contribution in [0.3, 0.4) is 0 Å². The van der Waals surface area contributed by atoms with Crippen LogP contribution in [0.5, 0.6) is 0 Å². The SMILES string of the molecule is COC(=O)COC1CCCCC1N. The Morgan fingerprint density at radius 1 is 1.46 bits per heavy atom. The molecule has 1 rings (SSSR count). The van der Waals surface area contributed by atoms with Gasteiger partial charge in [0.15, 0.2) is 0 Å². The van der Waals surface area contributed by atoms with Gasteiger partial charge < -0.3 is 15.2 Å². The lowest BCUT2D eigenvalue weighted by Gasteiger charge is -2.27. The maximum absolute atomic E-state index is 10.8. The fraction of sp³-hybridized carbons (Fsp3) is 0.889. The summed E-state index contributed by atoms with van der Waals surface area (Å²) in [6.45, 7) is 0.0227. The van der Waals surface area contributed by atoms with E-state index in [4.69, 9.17) is 10.5 Å². The lowest BCUT2D eigenvalue weighted by atomic mass is 9.93. The van der Waals surface area contributed by atoms with Crippen LogP contribution in [0.4, 0.5) is 0 Å². The first-order valence-electron chi connectivity index (χ1n) is 4.68. The second-order valence-electron chi connectivity index (χ2n) is 3.37. The standard InChI is InChI=1S/C9H17NO3/c1-12-9(11)6-13-8-5-3-2-4-7(8)10/h7-8H,2-6,10H2,1H3. The van der Waals surface area contributed by atoms with Crippen molar-refractivity contribution in [1.29, 1.82) is 0 Å². The molecule has 0 aromatic rings. The molecule has 0 aromatic heterocycles. The third-order valence-corrected chi connectivity index (χ3v) is 2.40. The van der Waals surface area contributed by atoms with Gasteiger partial charge in [-0.25, -0.2) is 4.79 Å². The number of esters is 1. The Labute approximate surface area is 78.4 Å². The Morgan fingerprint density at radius 2 is 2.15 bits per heavy atom. The Morgan fingerprint density at radius 3 is 2.77 bits per heavy atom. The maximum atomic E-state index is 10.8. The lowest BCUT2D eigenvalue weighted by molar-refractivity contribution is -0.149. The molecule has 0 radical (unpaired) electrons. The third kappa shape index (κ3) is 3.32. The van der Waals surface area contributed by atoms with Crippen molar-refractivity contribution in [3.05, 3.63) is 0 Å². The van der Waals surface area contributed by atoms with Crippen molar-refractivity contribution in [1.82, 2.24) is 0 Å². The van der Waals surface area contributed by atoms with Gasteiger partial charge in [-0.2, -0.15) is 0 Å². The highest BCUT2D eigenvalue weighted by Crippen LogP contribution is 2.19. The van der Waals surface area contributed by atoms with Crippen LogP contribution in [-0.4, -0.2) is 31.8 Å². The smallest absolute Gasteiger partial charge is 0.331 e. The van der Waals surface area contributed by atoms with Crippen molar-refractivity contribution >= 4 is 5.97 Å². The minimum absolute atomic E-state index is 0.0227. The van der Waals surface area contributed by atoms with Gasteiger partial charge in [0, 0.05) is 6.04 Å². The van der Waals surface area contributed by atoms with Crippen molar-refractivity contribution in [2.24, 2.45) is 5.73 Å². The van der Waals surface area contributed by atoms with Gasteiger partial charge in [0.25, 0.3) is 0 Å². The summed E-state index contributed by atoms with van der Waals surface area (Å²) in [5.74, 6) is -0.335. The topological polar surface area (TPSA) is 61.5 Å². The quantitative estimate of drug-likeness (QED) is 0.651. The van der Waals surface area contributed by atoms with Gasteiger partial charge in [-0.05, 0) is 12.8 Å². The summed E-state index contributed by atoms with van der Waals surface area (Å²) in [7, 11) is 1.35. The molecule has 13 heavy (non-hydrogen) atoms. The van der Waals surface area contributed by atoms with Gasteiger partial charge in [-0.15, -0.1) is 0 Å². The van der Waals surface area contributed by atoms with E-state index in [-0.39, 0.29) is 24.7 Å². The molecule has 0 saturated heterocycles. The van der Waals surface area contributed by atoms with Crippen LogP contribution in [0.2, 0.25) is 0 Å². The molecular weight excluding hydrogens is 170 g/mol. The minimum atomic E-state index is -0.335. The summed E-state index contributed by atoms with van der Waals surface area (Å²) in [5, 5.41) is 0. The minimum Gasteiger partial charge on any atom is -0.467 e. The highest BCUT2D eigenvalue weighted by atomic mass is 16.6. The molecule has 1 saturated carbocycles. The second kappa shape index (κ2) is 5.19. The molecule has 4 nitrogen and oxygen atoms in total. The van der Waals surface area contributed by atoms with E-state index in [1.807, 2.05) is 0 Å². The van der Waals surface area contributed by atoms with Crippen molar-refractivity contribution in [3.63, 3.8) is 0 Å². The van der Waals surface area contributed by atoms with Crippen molar-refractivity contribution in [3.8, 4) is 0 Å². The van der Waals surface area contributed by atoms with E-state index in [9.17, 15) is 4.79 Å². The molecule has 1 fully saturated rings. The number of nitrogens with two attached hydrogens (primary N) is 1. The molecular formula is C9H17NO3. The zero-order chi connectivity index (χ0) is 9.68. The number of rotatable bonds is 3. The number of methoxy groups -OCH3 is 1. The van der Waals surface area contributed by atoms with Gasteiger partial charge in [-0.1, -0.05) is 12.8 Å². The normalized spacial score (nSPS) is 28.5. The molecule has 0 bridgehead atoms. The van der Waals surface area contributed by atoms with E-state index in [2.05, 4.69) is 4.74 Å². The van der Waals surface area contributed by atoms with E-state index in [0.717, 1.165) is 19.3 Å². The Bertz CT molecular complexity index is 172. The van der Waals surface area contributed by atoms with Gasteiger partial charge in [0.2, 0.25) is 0 Å². The number of hydrogen-bond acceptors (Lipinski definition) is 4. The third-order valence-electron chi connectivity index (χ3n) is 2.40. The molecule has 2 atom stereocenters. The Kier molecular flexibility index (Phi) is 4.18. The Balaban J connectivity index is 2.22. The zero-order valence-electron chi connectivity index (χ0n) is 7.99. The molecule has 1 aliphatic carbocycles. The first kappa shape index (κ1) is 10.5. The summed E-state index contributed by atoms with van der Waals surface area (Å²) < 4.78 is 9.82. The van der Waals surface area contributed by atoms with Crippen LogP contribution < -0.4 is 5.73 Å². The lowest BCUT2D eigenvalue weighted by Crippen LogP contribution is -2.40. The molecule has 4 heteroatoms. The van der Waals surface area contributed by atoms with E-state index in [1.54, 1.807) is 0 Å². The van der Waals surface area contributed by atoms with Gasteiger partial charge >= 0.3 is 5.97 Å². The largest absolute Gasteiger partial charge is 0.467 e. The van der Waals surface area contributed by atoms with E-state index in [0.29, 0.717) is 0 Å². The van der Waals surface area contributed by atoms with Crippen LogP contribution in [0.15, 0.2) is 0 Å². The summed E-state index contributed by atoms with van der Waals surface area (Å²) in [6, 6.07) is 0.0819. The Hall–Kier alpha value is -0.610. The summed E-state index contributed by atoms with van der Waals surface area (Å²) >= 11 is 0. The van der Waals surface area contributed by atoms with Crippen LogP contribution in [0, 0.1) is 0 Å². The van der Waals surface area contributed by atoms with Gasteiger partial charge in [0.1, 0.15) is 6.61 Å². The highest BCUT2D eigenvalue weighted by molar-refractivity contribution is 5.70. The van der Waals surface area contributed by atoms with Crippen molar-refractivity contribution in [2.45, 2.75) is 37.8 Å². The van der Waals surface area contributed by atoms with Crippen LogP contribution in [0.25, 0.3) is 0 Å². The number of ether oxygens (including phenoxy) is 2. The molecule has 0 amide bonds. The summed E-state index contributed by atoms with van der Waals surface area (Å²) in [6.07, 6.45) is 4.29. The van der Waals surface area contributed by atoms with E-state index >= 15 is 0 Å². The number of hydrogen-bond donors (Lipinski definition) is 1. The van der Waals surface area contributed by atoms with Crippen LogP contribution in [0.1, 0.15) is 25.7 Å². The van der Waals surface area contributed by atoms with Crippen LogP contribution >= 0.6 is 0 Å². The van der Waals surface area contributed by atoms with Gasteiger partial charge in [0.05, 0.1) is 13.2 Å². The average Bonchev–Trinajstić information content (AvgIpc) is 2.16. The first-order valence-corrected chi connectivity index (χ1v) is 4.68. The van der Waals surface area contributed by atoms with E-state index < -0.39 is 0 Å². The monoisotopic (exact) mass is 187 g/mol. The molecule has 2 N–H and O–H groups in total. The summed E-state index contributed by atoms with van der Waals surface area (Å²) in [4.78, 5) is 10.8. The summed E-state index contributed by atoms with van der Waals surface area (Å²) in [5.41, 5.74) is 5.83. The maximum Gasteiger partial charge on any atom is 0.331 e. The fourth-order valence-electron chi connectivity index (χ4n) is 1.57. The van der Waals surface area contributed by atoms with Crippen LogP contribution in [-0.2, 0) is 14.3 Å². The molecule has 2 unspecified atom stereocenters. The fourth-order valence-corrected chi connectivity index (χ4v) is 1.57. The number of carbonyl (C=O) groups excluding carboxylic acids is 1. The zero-order valence-corrected chi connectivity index (χ0v) is 7.99. The van der Waals surface area contributed by atoms with E-state index in [1.165, 1.54) is 13.5 Å². The predicted molar refractivity (Wildman–Crippen MR) is 48.2 cm³/mol. The molecule has 0 spiro atoms. The molecule has 0 aliphatic heterocycles. The van der Waals surface area contributed by atoms with Crippen molar-refractivity contribution in [2.75, 3.05) is 13.7 Å². The molecule has 76 valence electrons. The number of carbonyl (C=O) groups is 1. The predicted octanol–water partition coefficient (Wildman–Crippen LogP) is 0.446. The second-order valence-corrected chi connectivity index (χ2v) is 3.37. The van der Waals surface area contributed by atoms with Gasteiger partial charge in [-0.3, -0.25) is 0 Å².